The smallest absolute Gasteiger partial charge is 0.214 e. The quantitative estimate of drug-likeness (QED) is 0.242. The highest BCUT2D eigenvalue weighted by molar-refractivity contribution is 14.0. The molecule has 1 aliphatic heterocycles. The van der Waals surface area contributed by atoms with E-state index in [4.69, 9.17) is 4.99 Å². The number of aryl methyl sites for hydroxylation is 1. The third kappa shape index (κ3) is 6.84. The summed E-state index contributed by atoms with van der Waals surface area (Å²) in [5.41, 5.74) is 3.87. The molecule has 0 unspecified atom stereocenters. The van der Waals surface area contributed by atoms with Crippen LogP contribution in [0.1, 0.15) is 51.2 Å². The fourth-order valence-corrected chi connectivity index (χ4v) is 5.78. The van der Waals surface area contributed by atoms with Crippen molar-refractivity contribution >= 4 is 50.9 Å². The molecule has 0 radical (unpaired) electrons. The van der Waals surface area contributed by atoms with Crippen molar-refractivity contribution in [2.24, 2.45) is 4.99 Å². The van der Waals surface area contributed by atoms with Crippen LogP contribution in [0.15, 0.2) is 29.4 Å². The summed E-state index contributed by atoms with van der Waals surface area (Å²) in [6.07, 6.45) is 6.26. The maximum atomic E-state index is 12.3. The number of piperidine rings is 1. The lowest BCUT2D eigenvalue weighted by Gasteiger charge is -2.32. The Morgan fingerprint density at radius 3 is 2.59 bits per heavy atom. The number of aliphatic imine (C=N–C) groups is 1. The van der Waals surface area contributed by atoms with E-state index in [1.807, 2.05) is 6.92 Å². The molecule has 0 bridgehead atoms. The van der Waals surface area contributed by atoms with Crippen molar-refractivity contribution in [1.82, 2.24) is 19.9 Å². The molecule has 180 valence electrons. The van der Waals surface area contributed by atoms with Crippen LogP contribution in [-0.2, 0) is 22.9 Å². The number of hydrogen-bond acceptors (Lipinski definition) is 3. The topological polar surface area (TPSA) is 89.6 Å². The van der Waals surface area contributed by atoms with Crippen LogP contribution >= 0.6 is 24.0 Å². The van der Waals surface area contributed by atoms with Crippen molar-refractivity contribution in [3.8, 4) is 0 Å². The second-order valence-corrected chi connectivity index (χ2v) is 10.2. The molecule has 9 heteroatoms. The highest BCUT2D eigenvalue weighted by Crippen LogP contribution is 2.22. The zero-order valence-electron chi connectivity index (χ0n) is 19.5. The zero-order valence-corrected chi connectivity index (χ0v) is 22.6. The lowest BCUT2D eigenvalue weighted by Crippen LogP contribution is -2.50. The number of guanidine groups is 1. The monoisotopic (exact) mass is 575 g/mol. The number of halogens is 1. The van der Waals surface area contributed by atoms with Gasteiger partial charge in [0.25, 0.3) is 0 Å². The summed E-state index contributed by atoms with van der Waals surface area (Å²) in [6.45, 7) is 8.79. The molecule has 32 heavy (non-hydrogen) atoms. The van der Waals surface area contributed by atoms with Gasteiger partial charge in [0.15, 0.2) is 5.96 Å². The molecule has 3 rings (SSSR count). The minimum Gasteiger partial charge on any atom is -0.361 e. The first kappa shape index (κ1) is 26.9. The van der Waals surface area contributed by atoms with Crippen LogP contribution in [0.3, 0.4) is 0 Å². The van der Waals surface area contributed by atoms with Gasteiger partial charge in [0.05, 0.1) is 5.75 Å². The highest BCUT2D eigenvalue weighted by Gasteiger charge is 2.27. The first-order valence-electron chi connectivity index (χ1n) is 11.6. The fourth-order valence-electron chi connectivity index (χ4n) is 4.24. The molecule has 1 fully saturated rings. The van der Waals surface area contributed by atoms with Gasteiger partial charge >= 0.3 is 0 Å². The number of para-hydroxylation sites is 1. The van der Waals surface area contributed by atoms with Gasteiger partial charge in [-0.25, -0.2) is 12.7 Å². The third-order valence-electron chi connectivity index (χ3n) is 5.91. The molecule has 0 spiro atoms. The lowest BCUT2D eigenvalue weighted by molar-refractivity contribution is 0.306. The van der Waals surface area contributed by atoms with Crippen LogP contribution in [0.5, 0.6) is 0 Å². The molecule has 7 nitrogen and oxygen atoms in total. The van der Waals surface area contributed by atoms with Crippen LogP contribution in [0.2, 0.25) is 0 Å². The molecule has 1 aromatic heterocycles. The van der Waals surface area contributed by atoms with Crippen LogP contribution in [0.4, 0.5) is 0 Å². The van der Waals surface area contributed by atoms with Gasteiger partial charge < -0.3 is 15.6 Å². The SMILES string of the molecule is CCCS(=O)(=O)N1CCC(NC(=NCCc2c[nH]c3c(CC)cccc23)NCC)CC1.I. The van der Waals surface area contributed by atoms with Gasteiger partial charge in [-0.05, 0) is 50.2 Å². The Morgan fingerprint density at radius 1 is 1.19 bits per heavy atom. The summed E-state index contributed by atoms with van der Waals surface area (Å²) in [5, 5.41) is 8.12. The molecule has 0 atom stereocenters. The van der Waals surface area contributed by atoms with Gasteiger partial charge in [-0.15, -0.1) is 24.0 Å². The number of aromatic amines is 1. The molecule has 1 saturated heterocycles. The van der Waals surface area contributed by atoms with E-state index in [1.54, 1.807) is 4.31 Å². The van der Waals surface area contributed by atoms with Crippen molar-refractivity contribution < 1.29 is 8.42 Å². The number of rotatable bonds is 9. The maximum absolute atomic E-state index is 12.3. The number of sulfonamides is 1. The van der Waals surface area contributed by atoms with Crippen molar-refractivity contribution in [3.63, 3.8) is 0 Å². The average Bonchev–Trinajstić information content (AvgIpc) is 3.17. The standard InChI is InChI=1S/C23H37N5O2S.HI/c1-4-16-31(29,30)28-14-11-20(12-15-28)27-23(24-6-3)25-13-10-19-17-26-22-18(5-2)8-7-9-21(19)22;/h7-9,17,20,26H,4-6,10-16H2,1-3H3,(H2,24,25,27);1H. The second kappa shape index (κ2) is 12.8. The van der Waals surface area contributed by atoms with E-state index in [-0.39, 0.29) is 35.8 Å². The number of aromatic nitrogens is 1. The van der Waals surface area contributed by atoms with E-state index >= 15 is 0 Å². The largest absolute Gasteiger partial charge is 0.361 e. The Balaban J connectivity index is 0.00000363. The van der Waals surface area contributed by atoms with E-state index in [1.165, 1.54) is 22.0 Å². The van der Waals surface area contributed by atoms with E-state index in [0.29, 0.717) is 26.1 Å². The molecule has 1 aliphatic rings. The van der Waals surface area contributed by atoms with Gasteiger partial charge in [-0.3, -0.25) is 4.99 Å². The first-order chi connectivity index (χ1) is 15.0. The number of benzene rings is 1. The van der Waals surface area contributed by atoms with Crippen LogP contribution in [0, 0.1) is 0 Å². The molecular formula is C23H38IN5O2S. The van der Waals surface area contributed by atoms with Crippen molar-refractivity contribution in [3.05, 3.63) is 35.5 Å². The Kier molecular flexibility index (Phi) is 10.8. The van der Waals surface area contributed by atoms with Gasteiger partial charge in [0.1, 0.15) is 0 Å². The second-order valence-electron chi connectivity index (χ2n) is 8.15. The molecule has 1 aromatic carbocycles. The minimum atomic E-state index is -3.10. The number of fused-ring (bicyclic) bond motifs is 1. The van der Waals surface area contributed by atoms with Crippen LogP contribution < -0.4 is 10.6 Å². The molecule has 2 heterocycles. The molecule has 3 N–H and O–H groups in total. The summed E-state index contributed by atoms with van der Waals surface area (Å²) >= 11 is 0. The lowest BCUT2D eigenvalue weighted by atomic mass is 10.1. The molecule has 0 aliphatic carbocycles. The van der Waals surface area contributed by atoms with Gasteiger partial charge in [-0.1, -0.05) is 32.0 Å². The molecule has 0 amide bonds. The summed E-state index contributed by atoms with van der Waals surface area (Å²) in [7, 11) is -3.10. The normalized spacial score (nSPS) is 16.2. The van der Waals surface area contributed by atoms with E-state index in [2.05, 4.69) is 53.9 Å². The number of nitrogens with zero attached hydrogens (tertiary/aromatic N) is 2. The zero-order chi connectivity index (χ0) is 22.3. The van der Waals surface area contributed by atoms with Crippen molar-refractivity contribution in [1.29, 1.82) is 0 Å². The minimum absolute atomic E-state index is 0. The Morgan fingerprint density at radius 2 is 1.94 bits per heavy atom. The number of H-pyrrole nitrogens is 1. The molecular weight excluding hydrogens is 537 g/mol. The summed E-state index contributed by atoms with van der Waals surface area (Å²) < 4.78 is 26.2. The molecule has 0 saturated carbocycles. The third-order valence-corrected chi connectivity index (χ3v) is 7.99. The summed E-state index contributed by atoms with van der Waals surface area (Å²) in [5.74, 6) is 1.05. The van der Waals surface area contributed by atoms with Crippen molar-refractivity contribution in [2.75, 3.05) is 31.9 Å². The van der Waals surface area contributed by atoms with Gasteiger partial charge in [0, 0.05) is 49.3 Å². The predicted molar refractivity (Wildman–Crippen MR) is 145 cm³/mol. The van der Waals surface area contributed by atoms with Gasteiger partial charge in [-0.2, -0.15) is 0 Å². The van der Waals surface area contributed by atoms with E-state index < -0.39 is 10.0 Å². The van der Waals surface area contributed by atoms with Crippen LogP contribution in [0.25, 0.3) is 10.9 Å². The molecule has 2 aromatic rings. The number of hydrogen-bond donors (Lipinski definition) is 3. The first-order valence-corrected chi connectivity index (χ1v) is 13.2. The van der Waals surface area contributed by atoms with E-state index in [9.17, 15) is 8.42 Å². The highest BCUT2D eigenvalue weighted by atomic mass is 127. The van der Waals surface area contributed by atoms with E-state index in [0.717, 1.165) is 38.2 Å². The predicted octanol–water partition coefficient (Wildman–Crippen LogP) is 3.65. The van der Waals surface area contributed by atoms with Gasteiger partial charge in [0.2, 0.25) is 10.0 Å². The summed E-state index contributed by atoms with van der Waals surface area (Å²) in [4.78, 5) is 8.21. The summed E-state index contributed by atoms with van der Waals surface area (Å²) in [6, 6.07) is 6.72. The maximum Gasteiger partial charge on any atom is 0.214 e. The Hall–Kier alpha value is -1.33. The van der Waals surface area contributed by atoms with Crippen molar-refractivity contribution in [2.45, 2.75) is 58.9 Å². The number of nitrogens with one attached hydrogen (secondary N) is 3. The fraction of sp³-hybridized carbons (Fsp3) is 0.609. The van der Waals surface area contributed by atoms with Crippen LogP contribution in [-0.4, -0.2) is 61.6 Å². The average molecular weight is 576 g/mol. The Labute approximate surface area is 209 Å². The Bertz CT molecular complexity index is 981.